The van der Waals surface area contributed by atoms with Gasteiger partial charge < -0.3 is 15.0 Å². The number of anilines is 1. The van der Waals surface area contributed by atoms with Gasteiger partial charge in [-0.15, -0.1) is 0 Å². The Morgan fingerprint density at radius 3 is 2.68 bits per heavy atom. The van der Waals surface area contributed by atoms with Crippen LogP contribution in [-0.2, 0) is 11.3 Å². The molecule has 0 saturated carbocycles. The van der Waals surface area contributed by atoms with Crippen molar-refractivity contribution >= 4 is 5.69 Å². The van der Waals surface area contributed by atoms with Crippen LogP contribution < -0.4 is 10.2 Å². The van der Waals surface area contributed by atoms with E-state index >= 15 is 0 Å². The van der Waals surface area contributed by atoms with Crippen molar-refractivity contribution in [3.63, 3.8) is 0 Å². The number of methoxy groups -OCH3 is 1. The molecule has 0 heterocycles. The van der Waals surface area contributed by atoms with Crippen molar-refractivity contribution in [1.82, 2.24) is 5.32 Å². The minimum absolute atomic E-state index is 0.244. The van der Waals surface area contributed by atoms with E-state index in [9.17, 15) is 8.78 Å². The third-order valence-electron chi connectivity index (χ3n) is 2.90. The first-order chi connectivity index (χ1) is 9.04. The minimum Gasteiger partial charge on any atom is -0.383 e. The summed E-state index contributed by atoms with van der Waals surface area (Å²) in [5, 5.41) is 3.25. The molecule has 1 aromatic rings. The largest absolute Gasteiger partial charge is 0.383 e. The molecule has 1 N–H and O–H groups in total. The van der Waals surface area contributed by atoms with Crippen molar-refractivity contribution in [3.05, 3.63) is 29.3 Å². The highest BCUT2D eigenvalue weighted by molar-refractivity contribution is 5.53. The number of hydrogen-bond donors (Lipinski definition) is 1. The van der Waals surface area contributed by atoms with Crippen LogP contribution in [0.2, 0.25) is 0 Å². The van der Waals surface area contributed by atoms with Gasteiger partial charge in [-0.25, -0.2) is 8.78 Å². The minimum atomic E-state index is -2.32. The zero-order chi connectivity index (χ0) is 14.3. The summed E-state index contributed by atoms with van der Waals surface area (Å²) in [5.41, 5.74) is 3.00. The summed E-state index contributed by atoms with van der Waals surface area (Å²) in [6.07, 6.45) is -2.32. The third-order valence-corrected chi connectivity index (χ3v) is 2.90. The van der Waals surface area contributed by atoms with E-state index < -0.39 is 6.43 Å². The molecule has 0 aliphatic carbocycles. The molecule has 0 aromatic heterocycles. The standard InChI is InChI=1S/C14H22F2N2O/c1-11-8-12(9-17-6-7-19-3)4-5-13(11)18(2)10-14(15)16/h4-5,8,14,17H,6-7,9-10H2,1-3H3. The second-order valence-corrected chi connectivity index (χ2v) is 4.56. The first-order valence-electron chi connectivity index (χ1n) is 6.33. The van der Waals surface area contributed by atoms with E-state index in [1.165, 1.54) is 0 Å². The molecule has 0 amide bonds. The van der Waals surface area contributed by atoms with Crippen LogP contribution in [0.3, 0.4) is 0 Å². The summed E-state index contributed by atoms with van der Waals surface area (Å²) in [6, 6.07) is 5.88. The Hall–Kier alpha value is -1.20. The zero-order valence-corrected chi connectivity index (χ0v) is 11.7. The molecule has 0 bridgehead atoms. The van der Waals surface area contributed by atoms with Crippen LogP contribution in [0.4, 0.5) is 14.5 Å². The Kier molecular flexibility index (Phi) is 6.73. The molecule has 19 heavy (non-hydrogen) atoms. The van der Waals surface area contributed by atoms with Gasteiger partial charge in [0.25, 0.3) is 6.43 Å². The fourth-order valence-corrected chi connectivity index (χ4v) is 1.97. The summed E-state index contributed by atoms with van der Waals surface area (Å²) in [4.78, 5) is 1.59. The van der Waals surface area contributed by atoms with Crippen molar-refractivity contribution in [2.75, 3.05) is 38.8 Å². The Bertz CT molecular complexity index is 386. The van der Waals surface area contributed by atoms with Gasteiger partial charge in [-0.3, -0.25) is 0 Å². The summed E-state index contributed by atoms with van der Waals surface area (Å²) in [7, 11) is 3.35. The zero-order valence-electron chi connectivity index (χ0n) is 11.7. The van der Waals surface area contributed by atoms with Crippen LogP contribution in [0.5, 0.6) is 0 Å². The fourth-order valence-electron chi connectivity index (χ4n) is 1.97. The number of aryl methyl sites for hydroxylation is 1. The van der Waals surface area contributed by atoms with E-state index in [2.05, 4.69) is 5.32 Å². The van der Waals surface area contributed by atoms with Crippen molar-refractivity contribution in [2.45, 2.75) is 19.9 Å². The van der Waals surface area contributed by atoms with Gasteiger partial charge in [-0.1, -0.05) is 12.1 Å². The predicted octanol–water partition coefficient (Wildman–Crippen LogP) is 2.43. The molecule has 0 fully saturated rings. The average Bonchev–Trinajstić information content (AvgIpc) is 2.33. The number of halogens is 2. The topological polar surface area (TPSA) is 24.5 Å². The average molecular weight is 272 g/mol. The lowest BCUT2D eigenvalue weighted by atomic mass is 10.1. The Labute approximate surface area is 113 Å². The Balaban J connectivity index is 2.58. The maximum absolute atomic E-state index is 12.4. The molecule has 0 spiro atoms. The lowest BCUT2D eigenvalue weighted by Gasteiger charge is -2.21. The molecule has 0 radical (unpaired) electrons. The van der Waals surface area contributed by atoms with Gasteiger partial charge >= 0.3 is 0 Å². The summed E-state index contributed by atoms with van der Waals surface area (Å²) in [5.74, 6) is 0. The highest BCUT2D eigenvalue weighted by atomic mass is 19.3. The summed E-state index contributed by atoms with van der Waals surface area (Å²) < 4.78 is 29.7. The van der Waals surface area contributed by atoms with Crippen LogP contribution in [0.1, 0.15) is 11.1 Å². The second-order valence-electron chi connectivity index (χ2n) is 4.56. The Morgan fingerprint density at radius 1 is 1.37 bits per heavy atom. The number of nitrogens with one attached hydrogen (secondary N) is 1. The molecule has 0 unspecified atom stereocenters. The highest BCUT2D eigenvalue weighted by Crippen LogP contribution is 2.20. The maximum atomic E-state index is 12.4. The molecule has 1 aromatic carbocycles. The predicted molar refractivity (Wildman–Crippen MR) is 74.0 cm³/mol. The quantitative estimate of drug-likeness (QED) is 0.736. The van der Waals surface area contributed by atoms with E-state index in [0.29, 0.717) is 6.61 Å². The van der Waals surface area contributed by atoms with Crippen molar-refractivity contribution in [1.29, 1.82) is 0 Å². The number of alkyl halides is 2. The lowest BCUT2D eigenvalue weighted by molar-refractivity contribution is 0.156. The van der Waals surface area contributed by atoms with Crippen molar-refractivity contribution in [2.24, 2.45) is 0 Å². The summed E-state index contributed by atoms with van der Waals surface area (Å²) >= 11 is 0. The van der Waals surface area contributed by atoms with E-state index in [-0.39, 0.29) is 6.54 Å². The molecule has 0 aliphatic rings. The number of rotatable bonds is 8. The molecule has 3 nitrogen and oxygen atoms in total. The normalized spacial score (nSPS) is 11.1. The molecule has 0 atom stereocenters. The number of hydrogen-bond acceptors (Lipinski definition) is 3. The van der Waals surface area contributed by atoms with E-state index in [1.807, 2.05) is 25.1 Å². The fraction of sp³-hybridized carbons (Fsp3) is 0.571. The van der Waals surface area contributed by atoms with Crippen LogP contribution in [0.25, 0.3) is 0 Å². The number of benzene rings is 1. The molecular formula is C14H22F2N2O. The van der Waals surface area contributed by atoms with Gasteiger partial charge in [-0.05, 0) is 24.1 Å². The van der Waals surface area contributed by atoms with Crippen molar-refractivity contribution < 1.29 is 13.5 Å². The Morgan fingerprint density at radius 2 is 2.11 bits per heavy atom. The molecular weight excluding hydrogens is 250 g/mol. The molecule has 1 rings (SSSR count). The van der Waals surface area contributed by atoms with Gasteiger partial charge in [0, 0.05) is 32.9 Å². The van der Waals surface area contributed by atoms with Gasteiger partial charge in [0.1, 0.15) is 0 Å². The van der Waals surface area contributed by atoms with E-state index in [0.717, 1.165) is 29.9 Å². The van der Waals surface area contributed by atoms with Crippen LogP contribution in [0, 0.1) is 6.92 Å². The van der Waals surface area contributed by atoms with Crippen LogP contribution in [-0.4, -0.2) is 40.3 Å². The van der Waals surface area contributed by atoms with E-state index in [4.69, 9.17) is 4.74 Å². The summed E-state index contributed by atoms with van der Waals surface area (Å²) in [6.45, 7) is 3.92. The lowest BCUT2D eigenvalue weighted by Crippen LogP contribution is -2.25. The molecule has 5 heteroatoms. The first-order valence-corrected chi connectivity index (χ1v) is 6.33. The maximum Gasteiger partial charge on any atom is 0.255 e. The van der Waals surface area contributed by atoms with Crippen molar-refractivity contribution in [3.8, 4) is 0 Å². The second kappa shape index (κ2) is 8.07. The highest BCUT2D eigenvalue weighted by Gasteiger charge is 2.10. The number of ether oxygens (including phenoxy) is 1. The SMILES string of the molecule is COCCNCc1ccc(N(C)CC(F)F)c(C)c1. The first kappa shape index (κ1) is 15.9. The third kappa shape index (κ3) is 5.53. The van der Waals surface area contributed by atoms with Gasteiger partial charge in [0.2, 0.25) is 0 Å². The van der Waals surface area contributed by atoms with Gasteiger partial charge in [0.15, 0.2) is 0 Å². The van der Waals surface area contributed by atoms with Gasteiger partial charge in [-0.2, -0.15) is 0 Å². The van der Waals surface area contributed by atoms with Gasteiger partial charge in [0.05, 0.1) is 13.2 Å². The number of nitrogens with zero attached hydrogens (tertiary/aromatic N) is 1. The van der Waals surface area contributed by atoms with Crippen LogP contribution in [0.15, 0.2) is 18.2 Å². The molecule has 108 valence electrons. The molecule has 0 saturated heterocycles. The van der Waals surface area contributed by atoms with E-state index in [1.54, 1.807) is 19.1 Å². The smallest absolute Gasteiger partial charge is 0.255 e. The monoisotopic (exact) mass is 272 g/mol. The molecule has 0 aliphatic heterocycles. The van der Waals surface area contributed by atoms with Crippen LogP contribution >= 0.6 is 0 Å².